The molecule has 0 aliphatic heterocycles. The number of hydrogen-bond acceptors (Lipinski definition) is 4. The van der Waals surface area contributed by atoms with Gasteiger partial charge in [-0.3, -0.25) is 0 Å². The first-order valence-electron chi connectivity index (χ1n) is 6.20. The van der Waals surface area contributed by atoms with Crippen LogP contribution >= 0.6 is 0 Å². The maximum Gasteiger partial charge on any atom is 0.410 e. The lowest BCUT2D eigenvalue weighted by atomic mass is 9.86. The highest BCUT2D eigenvalue weighted by Gasteiger charge is 2.29. The number of ether oxygens (including phenoxy) is 1. The zero-order chi connectivity index (χ0) is 14.6. The molecule has 0 saturated heterocycles. The van der Waals surface area contributed by atoms with Gasteiger partial charge in [-0.25, -0.2) is 4.79 Å². The van der Waals surface area contributed by atoms with Gasteiger partial charge >= 0.3 is 6.09 Å². The first-order valence-corrected chi connectivity index (χ1v) is 6.20. The normalized spacial score (nSPS) is 14.2. The molecule has 0 radical (unpaired) electrons. The topological polar surface area (TPSA) is 70.0 Å². The molecule has 0 aromatic carbocycles. The van der Waals surface area contributed by atoms with Crippen LogP contribution in [0.25, 0.3) is 0 Å². The lowest BCUT2D eigenvalue weighted by Crippen LogP contribution is -2.45. The fraction of sp³-hybridized carbons (Fsp3) is 0.923. The zero-order valence-corrected chi connectivity index (χ0v) is 12.4. The molecule has 0 aliphatic carbocycles. The quantitative estimate of drug-likeness (QED) is 0.789. The SMILES string of the molecule is CN(C(=O)OC(C)(C)C)[C@H](CO)CC(C)(C)CO. The molecule has 0 unspecified atom stereocenters. The van der Waals surface area contributed by atoms with Crippen molar-refractivity contribution in [3.05, 3.63) is 0 Å². The summed E-state index contributed by atoms with van der Waals surface area (Å²) in [6.45, 7) is 9.01. The summed E-state index contributed by atoms with van der Waals surface area (Å²) < 4.78 is 5.24. The van der Waals surface area contributed by atoms with Crippen molar-refractivity contribution in [1.82, 2.24) is 4.90 Å². The summed E-state index contributed by atoms with van der Waals surface area (Å²) in [6, 6.07) is -0.359. The van der Waals surface area contributed by atoms with E-state index in [1.54, 1.807) is 27.8 Å². The predicted octanol–water partition coefficient (Wildman–Crippen LogP) is 1.62. The van der Waals surface area contributed by atoms with Crippen LogP contribution in [-0.2, 0) is 4.74 Å². The number of carbonyl (C=O) groups excluding carboxylic acids is 1. The van der Waals surface area contributed by atoms with Crippen LogP contribution in [0.1, 0.15) is 41.0 Å². The van der Waals surface area contributed by atoms with E-state index in [-0.39, 0.29) is 24.7 Å². The Kier molecular flexibility index (Phi) is 6.10. The summed E-state index contributed by atoms with van der Waals surface area (Å²) in [5.74, 6) is 0. The minimum Gasteiger partial charge on any atom is -0.444 e. The molecular formula is C13H27NO4. The van der Waals surface area contributed by atoms with Gasteiger partial charge in [0.05, 0.1) is 12.6 Å². The summed E-state index contributed by atoms with van der Waals surface area (Å²) in [4.78, 5) is 13.3. The molecule has 108 valence electrons. The van der Waals surface area contributed by atoms with Gasteiger partial charge in [0.2, 0.25) is 0 Å². The fourth-order valence-corrected chi connectivity index (χ4v) is 1.51. The average molecular weight is 261 g/mol. The van der Waals surface area contributed by atoms with Crippen LogP contribution < -0.4 is 0 Å². The molecule has 5 nitrogen and oxygen atoms in total. The van der Waals surface area contributed by atoms with Gasteiger partial charge in [0.15, 0.2) is 0 Å². The summed E-state index contributed by atoms with van der Waals surface area (Å²) in [6.07, 6.45) is 0.0470. The molecule has 5 heteroatoms. The van der Waals surface area contributed by atoms with E-state index in [4.69, 9.17) is 4.74 Å². The van der Waals surface area contributed by atoms with Crippen molar-refractivity contribution in [1.29, 1.82) is 0 Å². The monoisotopic (exact) mass is 261 g/mol. The highest BCUT2D eigenvalue weighted by molar-refractivity contribution is 5.68. The van der Waals surface area contributed by atoms with Crippen molar-refractivity contribution < 1.29 is 19.7 Å². The van der Waals surface area contributed by atoms with Gasteiger partial charge in [-0.1, -0.05) is 13.8 Å². The van der Waals surface area contributed by atoms with E-state index in [1.165, 1.54) is 4.90 Å². The van der Waals surface area contributed by atoms with Gasteiger partial charge in [-0.05, 0) is 32.6 Å². The van der Waals surface area contributed by atoms with Gasteiger partial charge in [0.25, 0.3) is 0 Å². The Balaban J connectivity index is 4.61. The summed E-state index contributed by atoms with van der Waals surface area (Å²) in [5, 5.41) is 18.6. The second-order valence-electron chi connectivity index (χ2n) is 6.45. The predicted molar refractivity (Wildman–Crippen MR) is 70.4 cm³/mol. The number of carbonyl (C=O) groups is 1. The number of hydrogen-bond donors (Lipinski definition) is 2. The van der Waals surface area contributed by atoms with Crippen LogP contribution in [0.4, 0.5) is 4.79 Å². The van der Waals surface area contributed by atoms with Crippen LogP contribution in [0.15, 0.2) is 0 Å². The smallest absolute Gasteiger partial charge is 0.410 e. The molecule has 18 heavy (non-hydrogen) atoms. The van der Waals surface area contributed by atoms with Crippen molar-refractivity contribution in [2.24, 2.45) is 5.41 Å². The third-order valence-electron chi connectivity index (χ3n) is 2.66. The Morgan fingerprint density at radius 1 is 1.22 bits per heavy atom. The molecule has 1 amide bonds. The van der Waals surface area contributed by atoms with Crippen LogP contribution in [0.5, 0.6) is 0 Å². The second kappa shape index (κ2) is 6.38. The largest absolute Gasteiger partial charge is 0.444 e. The van der Waals surface area contributed by atoms with Crippen LogP contribution in [-0.4, -0.2) is 53.1 Å². The molecular weight excluding hydrogens is 234 g/mol. The zero-order valence-electron chi connectivity index (χ0n) is 12.4. The van der Waals surface area contributed by atoms with E-state index >= 15 is 0 Å². The first kappa shape index (κ1) is 17.2. The molecule has 0 aromatic heterocycles. The highest BCUT2D eigenvalue weighted by atomic mass is 16.6. The van der Waals surface area contributed by atoms with Crippen molar-refractivity contribution in [3.63, 3.8) is 0 Å². The van der Waals surface area contributed by atoms with Crippen LogP contribution in [0.2, 0.25) is 0 Å². The van der Waals surface area contributed by atoms with Crippen molar-refractivity contribution in [2.75, 3.05) is 20.3 Å². The molecule has 0 spiro atoms. The lowest BCUT2D eigenvalue weighted by molar-refractivity contribution is 0.00711. The van der Waals surface area contributed by atoms with E-state index < -0.39 is 11.7 Å². The molecule has 1 atom stereocenters. The van der Waals surface area contributed by atoms with Crippen molar-refractivity contribution in [3.8, 4) is 0 Å². The minimum absolute atomic E-state index is 0.00561. The van der Waals surface area contributed by atoms with E-state index in [9.17, 15) is 15.0 Å². The Morgan fingerprint density at radius 2 is 1.72 bits per heavy atom. The number of nitrogens with zero attached hydrogens (tertiary/aromatic N) is 1. The van der Waals surface area contributed by atoms with Gasteiger partial charge in [-0.2, -0.15) is 0 Å². The standard InChI is InChI=1S/C13H27NO4/c1-12(2,3)18-11(17)14(6)10(8-15)7-13(4,5)9-16/h10,15-16H,7-9H2,1-6H3/t10-/m0/s1. The second-order valence-corrected chi connectivity index (χ2v) is 6.45. The molecule has 0 aliphatic rings. The van der Waals surface area contributed by atoms with E-state index in [0.29, 0.717) is 6.42 Å². The molecule has 0 aromatic rings. The molecule has 0 bridgehead atoms. The Hall–Kier alpha value is -0.810. The van der Waals surface area contributed by atoms with Gasteiger partial charge in [0.1, 0.15) is 5.60 Å². The number of aliphatic hydroxyl groups excluding tert-OH is 2. The summed E-state index contributed by atoms with van der Waals surface area (Å²) >= 11 is 0. The highest BCUT2D eigenvalue weighted by Crippen LogP contribution is 2.24. The minimum atomic E-state index is -0.558. The van der Waals surface area contributed by atoms with Crippen molar-refractivity contribution >= 4 is 6.09 Å². The maximum absolute atomic E-state index is 11.9. The number of likely N-dealkylation sites (N-methyl/N-ethyl adjacent to an activating group) is 1. The molecule has 0 fully saturated rings. The van der Waals surface area contributed by atoms with Gasteiger partial charge in [-0.15, -0.1) is 0 Å². The Morgan fingerprint density at radius 3 is 2.06 bits per heavy atom. The fourth-order valence-electron chi connectivity index (χ4n) is 1.51. The van der Waals surface area contributed by atoms with Gasteiger partial charge < -0.3 is 19.8 Å². The summed E-state index contributed by atoms with van der Waals surface area (Å²) in [7, 11) is 1.60. The molecule has 2 N–H and O–H groups in total. The molecule has 0 heterocycles. The Labute approximate surface area is 110 Å². The average Bonchev–Trinajstić information content (AvgIpc) is 2.22. The number of aliphatic hydroxyl groups is 2. The summed E-state index contributed by atoms with van der Waals surface area (Å²) in [5.41, 5.74) is -0.901. The molecule has 0 rings (SSSR count). The third kappa shape index (κ3) is 6.21. The molecule has 0 saturated carbocycles. The number of rotatable bonds is 5. The van der Waals surface area contributed by atoms with E-state index in [0.717, 1.165) is 0 Å². The van der Waals surface area contributed by atoms with Crippen LogP contribution in [0, 0.1) is 5.41 Å². The Bertz CT molecular complexity index is 271. The van der Waals surface area contributed by atoms with E-state index in [2.05, 4.69) is 0 Å². The first-order chi connectivity index (χ1) is 8.02. The van der Waals surface area contributed by atoms with Crippen molar-refractivity contribution in [2.45, 2.75) is 52.7 Å². The maximum atomic E-state index is 11.9. The lowest BCUT2D eigenvalue weighted by Gasteiger charge is -2.34. The van der Waals surface area contributed by atoms with Crippen LogP contribution in [0.3, 0.4) is 0 Å². The van der Waals surface area contributed by atoms with Gasteiger partial charge in [0, 0.05) is 13.7 Å². The van der Waals surface area contributed by atoms with E-state index in [1.807, 2.05) is 13.8 Å². The third-order valence-corrected chi connectivity index (χ3v) is 2.66. The number of amides is 1.